The average molecular weight is 467 g/mol. The lowest BCUT2D eigenvalue weighted by Gasteiger charge is -2.36. The molecule has 9 heteroatoms. The van der Waals surface area contributed by atoms with Crippen molar-refractivity contribution in [3.63, 3.8) is 0 Å². The van der Waals surface area contributed by atoms with Gasteiger partial charge in [0.25, 0.3) is 5.91 Å². The van der Waals surface area contributed by atoms with E-state index in [4.69, 9.17) is 25.8 Å². The molecule has 1 saturated heterocycles. The second kappa shape index (κ2) is 9.15. The Kier molecular flexibility index (Phi) is 5.92. The molecule has 33 heavy (non-hydrogen) atoms. The van der Waals surface area contributed by atoms with Crippen molar-refractivity contribution in [2.24, 2.45) is 0 Å². The summed E-state index contributed by atoms with van der Waals surface area (Å²) in [5.74, 6) is 2.62. The molecule has 2 aliphatic heterocycles. The number of rotatable bonds is 5. The first-order chi connectivity index (χ1) is 16.1. The molecule has 0 bridgehead atoms. The van der Waals surface area contributed by atoms with E-state index in [-0.39, 0.29) is 12.7 Å². The van der Waals surface area contributed by atoms with Crippen molar-refractivity contribution in [3.05, 3.63) is 59.6 Å². The van der Waals surface area contributed by atoms with Crippen LogP contribution >= 0.6 is 11.6 Å². The molecule has 0 aliphatic carbocycles. The summed E-state index contributed by atoms with van der Waals surface area (Å²) < 4.78 is 16.5. The number of hydrogen-bond donors (Lipinski definition) is 0. The average Bonchev–Trinajstić information content (AvgIpc) is 3.32. The smallest absolute Gasteiger partial charge is 0.263 e. The fraction of sp³-hybridized carbons (Fsp3) is 0.292. The minimum absolute atomic E-state index is 0.0486. The van der Waals surface area contributed by atoms with Crippen molar-refractivity contribution in [3.8, 4) is 28.5 Å². The third-order valence-electron chi connectivity index (χ3n) is 5.72. The number of carbonyl (C=O) groups is 1. The Morgan fingerprint density at radius 3 is 2.55 bits per heavy atom. The van der Waals surface area contributed by atoms with Gasteiger partial charge in [-0.25, -0.2) is 0 Å². The minimum Gasteiger partial charge on any atom is -0.481 e. The molecule has 1 amide bonds. The zero-order valence-electron chi connectivity index (χ0n) is 18.1. The molecule has 0 N–H and O–H groups in total. The van der Waals surface area contributed by atoms with Crippen LogP contribution in [-0.4, -0.2) is 60.1 Å². The molecule has 1 unspecified atom stereocenters. The van der Waals surface area contributed by atoms with Gasteiger partial charge >= 0.3 is 0 Å². The molecule has 3 aromatic rings. The van der Waals surface area contributed by atoms with Crippen molar-refractivity contribution in [2.75, 3.05) is 37.9 Å². The number of benzene rings is 2. The first kappa shape index (κ1) is 21.3. The molecule has 2 aromatic carbocycles. The number of fused-ring (bicyclic) bond motifs is 1. The van der Waals surface area contributed by atoms with Crippen LogP contribution in [-0.2, 0) is 4.79 Å². The van der Waals surface area contributed by atoms with Crippen LogP contribution in [0.15, 0.2) is 54.6 Å². The Labute approximate surface area is 196 Å². The maximum atomic E-state index is 12.9. The highest BCUT2D eigenvalue weighted by Crippen LogP contribution is 2.35. The second-order valence-corrected chi connectivity index (χ2v) is 8.25. The highest BCUT2D eigenvalue weighted by atomic mass is 35.5. The lowest BCUT2D eigenvalue weighted by Crippen LogP contribution is -2.52. The summed E-state index contributed by atoms with van der Waals surface area (Å²) in [4.78, 5) is 16.8. The molecule has 8 nitrogen and oxygen atoms in total. The Balaban J connectivity index is 1.16. The van der Waals surface area contributed by atoms with E-state index in [0.29, 0.717) is 48.5 Å². The van der Waals surface area contributed by atoms with Crippen molar-refractivity contribution >= 4 is 23.3 Å². The number of halogens is 1. The van der Waals surface area contributed by atoms with E-state index in [0.717, 1.165) is 17.1 Å². The number of nitrogens with zero attached hydrogens (tertiary/aromatic N) is 4. The van der Waals surface area contributed by atoms with E-state index in [1.54, 1.807) is 25.1 Å². The van der Waals surface area contributed by atoms with Crippen molar-refractivity contribution in [1.29, 1.82) is 0 Å². The van der Waals surface area contributed by atoms with Gasteiger partial charge in [0.15, 0.2) is 23.4 Å². The van der Waals surface area contributed by atoms with E-state index in [2.05, 4.69) is 15.1 Å². The molecule has 1 fully saturated rings. The first-order valence-electron chi connectivity index (χ1n) is 10.8. The SMILES string of the molecule is CC(Oc1ccc2c(c1)OCO2)C(=O)N1CCN(c2ccc(-c3ccccc3Cl)nn2)CC1. The van der Waals surface area contributed by atoms with Gasteiger partial charge in [-0.1, -0.05) is 29.8 Å². The zero-order valence-corrected chi connectivity index (χ0v) is 18.9. The quantitative estimate of drug-likeness (QED) is 0.568. The summed E-state index contributed by atoms with van der Waals surface area (Å²) in [6.07, 6.45) is -0.605. The lowest BCUT2D eigenvalue weighted by atomic mass is 10.1. The molecule has 1 atom stereocenters. The normalized spacial score (nSPS) is 15.9. The summed E-state index contributed by atoms with van der Waals surface area (Å²) in [5, 5.41) is 9.36. The molecule has 5 rings (SSSR count). The van der Waals surface area contributed by atoms with Crippen molar-refractivity contribution < 1.29 is 19.0 Å². The van der Waals surface area contributed by atoms with E-state index in [1.807, 2.05) is 41.3 Å². The van der Waals surface area contributed by atoms with Crippen LogP contribution in [0.4, 0.5) is 5.82 Å². The Morgan fingerprint density at radius 1 is 1.00 bits per heavy atom. The molecule has 0 spiro atoms. The summed E-state index contributed by atoms with van der Waals surface area (Å²) in [6, 6.07) is 16.7. The van der Waals surface area contributed by atoms with E-state index in [9.17, 15) is 4.79 Å². The third-order valence-corrected chi connectivity index (χ3v) is 6.05. The highest BCUT2D eigenvalue weighted by molar-refractivity contribution is 6.33. The third kappa shape index (κ3) is 4.52. The predicted molar refractivity (Wildman–Crippen MR) is 124 cm³/mol. The van der Waals surface area contributed by atoms with Crippen LogP contribution in [0.3, 0.4) is 0 Å². The van der Waals surface area contributed by atoms with Gasteiger partial charge in [-0.2, -0.15) is 0 Å². The van der Waals surface area contributed by atoms with E-state index in [1.165, 1.54) is 0 Å². The molecule has 1 aromatic heterocycles. The molecule has 170 valence electrons. The fourth-order valence-electron chi connectivity index (χ4n) is 3.92. The van der Waals surface area contributed by atoms with Gasteiger partial charge in [0.2, 0.25) is 6.79 Å². The van der Waals surface area contributed by atoms with Crippen LogP contribution in [0.25, 0.3) is 11.3 Å². The van der Waals surface area contributed by atoms with E-state index >= 15 is 0 Å². The Bertz CT molecular complexity index is 1150. The summed E-state index contributed by atoms with van der Waals surface area (Å²) in [6.45, 7) is 4.47. The molecule has 3 heterocycles. The van der Waals surface area contributed by atoms with Gasteiger partial charge in [-0.3, -0.25) is 4.79 Å². The van der Waals surface area contributed by atoms with Crippen molar-refractivity contribution in [2.45, 2.75) is 13.0 Å². The van der Waals surface area contributed by atoms with Gasteiger partial charge in [0.05, 0.1) is 10.7 Å². The second-order valence-electron chi connectivity index (χ2n) is 7.84. The monoisotopic (exact) mass is 466 g/mol. The first-order valence-corrected chi connectivity index (χ1v) is 11.1. The largest absolute Gasteiger partial charge is 0.481 e. The summed E-state index contributed by atoms with van der Waals surface area (Å²) in [5.41, 5.74) is 1.58. The van der Waals surface area contributed by atoms with Crippen LogP contribution in [0.2, 0.25) is 5.02 Å². The van der Waals surface area contributed by atoms with Gasteiger partial charge in [-0.05, 0) is 37.3 Å². The lowest BCUT2D eigenvalue weighted by molar-refractivity contribution is -0.138. The number of aromatic nitrogens is 2. The maximum absolute atomic E-state index is 12.9. The molecule has 0 radical (unpaired) electrons. The zero-order chi connectivity index (χ0) is 22.8. The predicted octanol–water partition coefficient (Wildman–Crippen LogP) is 3.64. The van der Waals surface area contributed by atoms with Gasteiger partial charge < -0.3 is 24.0 Å². The minimum atomic E-state index is -0.605. The van der Waals surface area contributed by atoms with Gasteiger partial charge in [0.1, 0.15) is 5.75 Å². The van der Waals surface area contributed by atoms with Gasteiger partial charge in [0, 0.05) is 37.8 Å². The fourth-order valence-corrected chi connectivity index (χ4v) is 4.16. The Morgan fingerprint density at radius 2 is 1.79 bits per heavy atom. The van der Waals surface area contributed by atoms with Crippen LogP contribution in [0, 0.1) is 0 Å². The molecular formula is C24H23ClN4O4. The van der Waals surface area contributed by atoms with E-state index < -0.39 is 6.10 Å². The number of amides is 1. The van der Waals surface area contributed by atoms with Crippen LogP contribution in [0.5, 0.6) is 17.2 Å². The number of hydrogen-bond acceptors (Lipinski definition) is 7. The maximum Gasteiger partial charge on any atom is 0.263 e. The summed E-state index contributed by atoms with van der Waals surface area (Å²) in [7, 11) is 0. The Hall–Kier alpha value is -3.52. The van der Waals surface area contributed by atoms with Crippen LogP contribution < -0.4 is 19.1 Å². The number of piperazine rings is 1. The van der Waals surface area contributed by atoms with Crippen molar-refractivity contribution in [1.82, 2.24) is 15.1 Å². The number of carbonyl (C=O) groups excluding carboxylic acids is 1. The highest BCUT2D eigenvalue weighted by Gasteiger charge is 2.27. The standard InChI is InChI=1S/C24H23ClN4O4/c1-16(33-17-6-8-21-22(14-17)32-15-31-21)24(30)29-12-10-28(11-13-29)23-9-7-20(26-27-23)18-4-2-3-5-19(18)25/h2-9,14,16H,10-13,15H2,1H3. The molecule has 2 aliphatic rings. The molecular weight excluding hydrogens is 444 g/mol. The molecule has 0 saturated carbocycles. The van der Waals surface area contributed by atoms with Crippen LogP contribution in [0.1, 0.15) is 6.92 Å². The van der Waals surface area contributed by atoms with Gasteiger partial charge in [-0.15, -0.1) is 10.2 Å². The topological polar surface area (TPSA) is 77.0 Å². The number of anilines is 1. The number of ether oxygens (including phenoxy) is 3. The summed E-state index contributed by atoms with van der Waals surface area (Å²) >= 11 is 6.26.